The highest BCUT2D eigenvalue weighted by Crippen LogP contribution is 2.21. The third-order valence-corrected chi connectivity index (χ3v) is 5.18. The number of rotatable bonds is 9. The molecule has 0 radical (unpaired) electrons. The number of hydrogen-bond acceptors (Lipinski definition) is 7. The van der Waals surface area contributed by atoms with Gasteiger partial charge in [-0.2, -0.15) is 0 Å². The van der Waals surface area contributed by atoms with Crippen molar-refractivity contribution in [3.8, 4) is 0 Å². The number of ether oxygens (including phenoxy) is 1. The summed E-state index contributed by atoms with van der Waals surface area (Å²) in [6, 6.07) is 0.0223. The molecule has 160 valence electrons. The highest BCUT2D eigenvalue weighted by Gasteiger charge is 2.26. The average molecular weight is 405 g/mol. The Morgan fingerprint density at radius 2 is 2.10 bits per heavy atom. The number of imidazole rings is 1. The third-order valence-electron chi connectivity index (χ3n) is 5.18. The Morgan fingerprint density at radius 3 is 2.79 bits per heavy atom. The Morgan fingerprint density at radius 1 is 1.31 bits per heavy atom. The molecule has 1 aliphatic heterocycles. The number of amides is 1. The maximum atomic E-state index is 12.5. The first-order valence-electron chi connectivity index (χ1n) is 10.2. The second-order valence-corrected chi connectivity index (χ2v) is 8.56. The minimum Gasteiger partial charge on any atom is -0.379 e. The first-order chi connectivity index (χ1) is 13.9. The molecule has 0 spiro atoms. The number of carbonyl (C=O) groups excluding carboxylic acids is 1. The predicted octanol–water partition coefficient (Wildman–Crippen LogP) is 0.713. The molecular formula is C19H32N8O2. The summed E-state index contributed by atoms with van der Waals surface area (Å²) in [6.07, 6.45) is 6.57. The molecule has 0 aromatic carbocycles. The van der Waals surface area contributed by atoms with Crippen molar-refractivity contribution in [2.24, 2.45) is 5.41 Å². The molecule has 3 rings (SSSR count). The van der Waals surface area contributed by atoms with Crippen LogP contribution in [0.4, 0.5) is 0 Å². The van der Waals surface area contributed by atoms with Gasteiger partial charge in [-0.25, -0.2) is 9.67 Å². The normalized spacial score (nSPS) is 16.7. The lowest BCUT2D eigenvalue weighted by Gasteiger charge is -2.31. The Bertz CT molecular complexity index is 747. The summed E-state index contributed by atoms with van der Waals surface area (Å²) < 4.78 is 9.18. The zero-order chi connectivity index (χ0) is 20.7. The van der Waals surface area contributed by atoms with Crippen LogP contribution in [-0.4, -0.2) is 72.9 Å². The number of aryl methyl sites for hydroxylation is 1. The molecule has 1 atom stereocenters. The van der Waals surface area contributed by atoms with Crippen molar-refractivity contribution >= 4 is 5.91 Å². The molecule has 0 bridgehead atoms. The van der Waals surface area contributed by atoms with Gasteiger partial charge in [-0.3, -0.25) is 9.69 Å². The summed E-state index contributed by atoms with van der Waals surface area (Å²) >= 11 is 0. The van der Waals surface area contributed by atoms with Gasteiger partial charge in [-0.1, -0.05) is 20.8 Å². The van der Waals surface area contributed by atoms with Crippen LogP contribution in [0.25, 0.3) is 0 Å². The number of carbonyl (C=O) groups is 1. The lowest BCUT2D eigenvalue weighted by Crippen LogP contribution is -2.46. The van der Waals surface area contributed by atoms with Crippen molar-refractivity contribution in [1.82, 2.24) is 40.0 Å². The maximum absolute atomic E-state index is 12.5. The van der Waals surface area contributed by atoms with E-state index in [-0.39, 0.29) is 17.4 Å². The summed E-state index contributed by atoms with van der Waals surface area (Å²) in [4.78, 5) is 18.9. The van der Waals surface area contributed by atoms with Crippen LogP contribution in [0.1, 0.15) is 39.4 Å². The smallest absolute Gasteiger partial charge is 0.220 e. The lowest BCUT2D eigenvalue weighted by atomic mass is 9.86. The van der Waals surface area contributed by atoms with Gasteiger partial charge in [0, 0.05) is 45.0 Å². The highest BCUT2D eigenvalue weighted by molar-refractivity contribution is 5.76. The van der Waals surface area contributed by atoms with Crippen molar-refractivity contribution in [3.63, 3.8) is 0 Å². The summed E-state index contributed by atoms with van der Waals surface area (Å²) in [5, 5.41) is 15.2. The molecule has 1 N–H and O–H groups in total. The van der Waals surface area contributed by atoms with Crippen molar-refractivity contribution in [2.75, 3.05) is 26.3 Å². The second-order valence-electron chi connectivity index (χ2n) is 8.56. The molecule has 10 heteroatoms. The third kappa shape index (κ3) is 6.60. The van der Waals surface area contributed by atoms with Crippen LogP contribution in [0.15, 0.2) is 18.7 Å². The molecule has 2 aromatic rings. The van der Waals surface area contributed by atoms with Gasteiger partial charge in [0.05, 0.1) is 32.1 Å². The zero-order valence-electron chi connectivity index (χ0n) is 17.6. The Kier molecular flexibility index (Phi) is 7.32. The van der Waals surface area contributed by atoms with E-state index in [0.717, 1.165) is 32.1 Å². The average Bonchev–Trinajstić information content (AvgIpc) is 3.34. The van der Waals surface area contributed by atoms with E-state index in [1.165, 1.54) is 0 Å². The summed E-state index contributed by atoms with van der Waals surface area (Å²) in [5.74, 6) is 0.882. The molecule has 1 aliphatic rings. The molecule has 3 heterocycles. The van der Waals surface area contributed by atoms with Crippen molar-refractivity contribution in [2.45, 2.75) is 59.3 Å². The van der Waals surface area contributed by atoms with Gasteiger partial charge in [0.25, 0.3) is 0 Å². The molecule has 1 fully saturated rings. The molecule has 0 aliphatic carbocycles. The fourth-order valence-electron chi connectivity index (χ4n) is 3.27. The molecular weight excluding hydrogens is 372 g/mol. The maximum Gasteiger partial charge on any atom is 0.220 e. The van der Waals surface area contributed by atoms with Gasteiger partial charge in [0.15, 0.2) is 5.82 Å². The summed E-state index contributed by atoms with van der Waals surface area (Å²) in [5.41, 5.74) is -0.0545. The van der Waals surface area contributed by atoms with Crippen LogP contribution < -0.4 is 5.32 Å². The minimum absolute atomic E-state index is 0.0223. The van der Waals surface area contributed by atoms with Crippen LogP contribution in [0, 0.1) is 5.41 Å². The fourth-order valence-corrected chi connectivity index (χ4v) is 3.27. The second kappa shape index (κ2) is 9.93. The topological polar surface area (TPSA) is 103 Å². The van der Waals surface area contributed by atoms with E-state index in [1.807, 2.05) is 10.8 Å². The lowest BCUT2D eigenvalue weighted by molar-refractivity contribution is -0.122. The standard InChI is InChI=1S/C19H32N8O2/c1-19(2,3)16(13-26-8-6-20-15-26)21-18(28)5-4-7-27-17(22-23-24-27)14-25-9-11-29-12-10-25/h6,8,15-16H,4-5,7,9-14H2,1-3H3,(H,21,28)/t16-/m1/s1. The van der Waals surface area contributed by atoms with Gasteiger partial charge in [-0.05, 0) is 22.3 Å². The van der Waals surface area contributed by atoms with Crippen LogP contribution in [-0.2, 0) is 29.2 Å². The van der Waals surface area contributed by atoms with Crippen LogP contribution in [0.5, 0.6) is 0 Å². The van der Waals surface area contributed by atoms with E-state index < -0.39 is 0 Å². The molecule has 29 heavy (non-hydrogen) atoms. The van der Waals surface area contributed by atoms with E-state index in [0.29, 0.717) is 32.5 Å². The van der Waals surface area contributed by atoms with Crippen molar-refractivity contribution in [1.29, 1.82) is 0 Å². The van der Waals surface area contributed by atoms with E-state index in [1.54, 1.807) is 17.2 Å². The SMILES string of the molecule is CC(C)(C)[C@@H](Cn1ccnc1)NC(=O)CCCn1nnnc1CN1CCOCC1. The van der Waals surface area contributed by atoms with Gasteiger partial charge < -0.3 is 14.6 Å². The molecule has 10 nitrogen and oxygen atoms in total. The Balaban J connectivity index is 1.46. The summed E-state index contributed by atoms with van der Waals surface area (Å²) in [7, 11) is 0. The molecule has 0 unspecified atom stereocenters. The monoisotopic (exact) mass is 404 g/mol. The fraction of sp³-hybridized carbons (Fsp3) is 0.737. The number of tetrazole rings is 1. The number of morpholine rings is 1. The first kappa shape index (κ1) is 21.4. The van der Waals surface area contributed by atoms with Crippen molar-refractivity contribution in [3.05, 3.63) is 24.5 Å². The molecule has 1 saturated heterocycles. The number of hydrogen-bond donors (Lipinski definition) is 1. The molecule has 0 saturated carbocycles. The quantitative estimate of drug-likeness (QED) is 0.657. The summed E-state index contributed by atoms with van der Waals surface area (Å²) in [6.45, 7) is 11.7. The first-order valence-corrected chi connectivity index (χ1v) is 10.2. The largest absolute Gasteiger partial charge is 0.379 e. The molecule has 2 aromatic heterocycles. The molecule has 1 amide bonds. The van der Waals surface area contributed by atoms with Crippen LogP contribution >= 0.6 is 0 Å². The zero-order valence-corrected chi connectivity index (χ0v) is 17.6. The van der Waals surface area contributed by atoms with Crippen molar-refractivity contribution < 1.29 is 9.53 Å². The predicted molar refractivity (Wildman–Crippen MR) is 107 cm³/mol. The van der Waals surface area contributed by atoms with Gasteiger partial charge in [0.2, 0.25) is 5.91 Å². The van der Waals surface area contributed by atoms with Gasteiger partial charge in [0.1, 0.15) is 0 Å². The highest BCUT2D eigenvalue weighted by atomic mass is 16.5. The minimum atomic E-state index is -0.0545. The van der Waals surface area contributed by atoms with Crippen LogP contribution in [0.3, 0.4) is 0 Å². The number of nitrogens with one attached hydrogen (secondary N) is 1. The van der Waals surface area contributed by atoms with E-state index >= 15 is 0 Å². The Labute approximate surface area is 171 Å². The van der Waals surface area contributed by atoms with Gasteiger partial charge >= 0.3 is 0 Å². The Hall–Kier alpha value is -2.33. The number of aromatic nitrogens is 6. The van der Waals surface area contributed by atoms with Crippen LogP contribution in [0.2, 0.25) is 0 Å². The van der Waals surface area contributed by atoms with E-state index in [9.17, 15) is 4.79 Å². The van der Waals surface area contributed by atoms with E-state index in [4.69, 9.17) is 4.74 Å². The van der Waals surface area contributed by atoms with Gasteiger partial charge in [-0.15, -0.1) is 5.10 Å². The van der Waals surface area contributed by atoms with E-state index in [2.05, 4.69) is 51.5 Å². The number of nitrogens with zero attached hydrogens (tertiary/aromatic N) is 7.